The number of fused-ring (bicyclic) bond motifs is 1. The molecule has 0 saturated heterocycles. The molecule has 144 valence electrons. The highest BCUT2D eigenvalue weighted by atomic mass is 16.2. The average molecular weight is 369 g/mol. The molecular formula is C21H27N3O3. The van der Waals surface area contributed by atoms with Gasteiger partial charge in [-0.05, 0) is 56.1 Å². The van der Waals surface area contributed by atoms with Crippen molar-refractivity contribution in [2.75, 3.05) is 6.54 Å². The third kappa shape index (κ3) is 3.70. The molecule has 4 rings (SSSR count). The van der Waals surface area contributed by atoms with E-state index in [9.17, 15) is 14.4 Å². The van der Waals surface area contributed by atoms with Crippen LogP contribution in [-0.2, 0) is 9.59 Å². The summed E-state index contributed by atoms with van der Waals surface area (Å²) in [6, 6.07) is 7.01. The summed E-state index contributed by atoms with van der Waals surface area (Å²) in [5.74, 6) is 0.228. The highest BCUT2D eigenvalue weighted by molar-refractivity contribution is 6.05. The van der Waals surface area contributed by atoms with Crippen molar-refractivity contribution in [3.8, 4) is 0 Å². The van der Waals surface area contributed by atoms with E-state index < -0.39 is 6.04 Å². The van der Waals surface area contributed by atoms with Gasteiger partial charge in [0, 0.05) is 17.6 Å². The van der Waals surface area contributed by atoms with Crippen LogP contribution >= 0.6 is 0 Å². The zero-order valence-corrected chi connectivity index (χ0v) is 15.7. The molecule has 0 radical (unpaired) electrons. The number of benzene rings is 1. The smallest absolute Gasteiger partial charge is 0.255 e. The van der Waals surface area contributed by atoms with E-state index in [0.717, 1.165) is 50.0 Å². The Morgan fingerprint density at radius 3 is 2.48 bits per heavy atom. The molecule has 1 aromatic carbocycles. The van der Waals surface area contributed by atoms with Crippen molar-refractivity contribution in [1.29, 1.82) is 0 Å². The van der Waals surface area contributed by atoms with Gasteiger partial charge in [0.1, 0.15) is 6.04 Å². The van der Waals surface area contributed by atoms with Gasteiger partial charge in [0.2, 0.25) is 11.8 Å². The van der Waals surface area contributed by atoms with Crippen LogP contribution in [0.1, 0.15) is 67.4 Å². The van der Waals surface area contributed by atoms with Crippen molar-refractivity contribution in [1.82, 2.24) is 15.5 Å². The molecule has 2 saturated carbocycles. The van der Waals surface area contributed by atoms with Crippen molar-refractivity contribution in [2.45, 2.75) is 63.6 Å². The van der Waals surface area contributed by atoms with E-state index in [1.54, 1.807) is 11.0 Å². The number of rotatable bonds is 5. The number of hydrogen-bond acceptors (Lipinski definition) is 3. The summed E-state index contributed by atoms with van der Waals surface area (Å²) in [4.78, 5) is 39.5. The molecule has 2 N–H and O–H groups in total. The summed E-state index contributed by atoms with van der Waals surface area (Å²) in [7, 11) is 0. The van der Waals surface area contributed by atoms with Gasteiger partial charge in [-0.25, -0.2) is 0 Å². The van der Waals surface area contributed by atoms with Gasteiger partial charge in [-0.2, -0.15) is 0 Å². The van der Waals surface area contributed by atoms with Gasteiger partial charge in [0.05, 0.1) is 6.54 Å². The second kappa shape index (κ2) is 7.33. The van der Waals surface area contributed by atoms with Crippen molar-refractivity contribution in [2.24, 2.45) is 5.92 Å². The van der Waals surface area contributed by atoms with Gasteiger partial charge < -0.3 is 15.5 Å². The Balaban J connectivity index is 1.37. The van der Waals surface area contributed by atoms with Crippen molar-refractivity contribution in [3.05, 3.63) is 35.4 Å². The van der Waals surface area contributed by atoms with E-state index in [1.165, 1.54) is 0 Å². The Labute approximate surface area is 159 Å². The molecule has 1 atom stereocenters. The van der Waals surface area contributed by atoms with Gasteiger partial charge in [0.15, 0.2) is 0 Å². The maximum atomic E-state index is 12.9. The Morgan fingerprint density at radius 2 is 1.78 bits per heavy atom. The molecule has 3 amide bonds. The van der Waals surface area contributed by atoms with Crippen LogP contribution < -0.4 is 10.6 Å². The van der Waals surface area contributed by atoms with Crippen LogP contribution in [0.3, 0.4) is 0 Å². The minimum atomic E-state index is -0.621. The molecule has 27 heavy (non-hydrogen) atoms. The maximum Gasteiger partial charge on any atom is 0.255 e. The number of hydrogen-bond donors (Lipinski definition) is 2. The first-order valence-corrected chi connectivity index (χ1v) is 10.0. The normalized spacial score (nSPS) is 27.2. The van der Waals surface area contributed by atoms with E-state index in [-0.39, 0.29) is 36.3 Å². The third-order valence-electron chi connectivity index (χ3n) is 5.99. The van der Waals surface area contributed by atoms with Crippen LogP contribution in [0.25, 0.3) is 0 Å². The van der Waals surface area contributed by atoms with Gasteiger partial charge in [-0.3, -0.25) is 14.4 Å². The van der Waals surface area contributed by atoms with E-state index >= 15 is 0 Å². The van der Waals surface area contributed by atoms with Gasteiger partial charge in [-0.15, -0.1) is 0 Å². The van der Waals surface area contributed by atoms with Gasteiger partial charge in [0.25, 0.3) is 5.91 Å². The van der Waals surface area contributed by atoms with Crippen molar-refractivity contribution < 1.29 is 14.4 Å². The Kier molecular flexibility index (Phi) is 4.89. The molecular weight excluding hydrogens is 342 g/mol. The molecule has 6 nitrogen and oxygen atoms in total. The Bertz CT molecular complexity index is 751. The average Bonchev–Trinajstić information content (AvgIpc) is 3.46. The van der Waals surface area contributed by atoms with Crippen LogP contribution in [0.15, 0.2) is 24.3 Å². The molecule has 0 aromatic heterocycles. The standard InChI is InChI=1S/C21H27N3O3/c1-13-6-8-14(9-7-13)23-18(25)12-22-20(26)19-16-4-2-3-5-17(16)21(27)24(19)15-10-11-15/h2-5,13-15,19H,6-12H2,1H3,(H,22,26)(H,23,25). The van der Waals surface area contributed by atoms with Crippen molar-refractivity contribution in [3.63, 3.8) is 0 Å². The number of nitrogens with zero attached hydrogens (tertiary/aromatic N) is 1. The largest absolute Gasteiger partial charge is 0.352 e. The highest BCUT2D eigenvalue weighted by Gasteiger charge is 2.47. The Morgan fingerprint density at radius 1 is 1.07 bits per heavy atom. The molecule has 1 aliphatic heterocycles. The van der Waals surface area contributed by atoms with E-state index in [4.69, 9.17) is 0 Å². The van der Waals surface area contributed by atoms with Crippen LogP contribution in [0.4, 0.5) is 0 Å². The molecule has 2 fully saturated rings. The molecule has 0 bridgehead atoms. The van der Waals surface area contributed by atoms with E-state index in [1.807, 2.05) is 18.2 Å². The summed E-state index contributed by atoms with van der Waals surface area (Å²) in [5, 5.41) is 5.78. The minimum absolute atomic E-state index is 0.0454. The summed E-state index contributed by atoms with van der Waals surface area (Å²) in [6.07, 6.45) is 6.14. The van der Waals surface area contributed by atoms with E-state index in [2.05, 4.69) is 17.6 Å². The second-order valence-electron chi connectivity index (χ2n) is 8.18. The van der Waals surface area contributed by atoms with Gasteiger partial charge >= 0.3 is 0 Å². The Hall–Kier alpha value is -2.37. The number of amides is 3. The fraction of sp³-hybridized carbons (Fsp3) is 0.571. The van der Waals surface area contributed by atoms with Gasteiger partial charge in [-0.1, -0.05) is 25.1 Å². The lowest BCUT2D eigenvalue weighted by atomic mass is 9.87. The summed E-state index contributed by atoms with van der Waals surface area (Å²) < 4.78 is 0. The monoisotopic (exact) mass is 369 g/mol. The summed E-state index contributed by atoms with van der Waals surface area (Å²) in [6.45, 7) is 2.20. The van der Waals surface area contributed by atoms with Crippen LogP contribution in [-0.4, -0.2) is 41.2 Å². The molecule has 2 aliphatic carbocycles. The number of nitrogens with one attached hydrogen (secondary N) is 2. The first-order chi connectivity index (χ1) is 13.0. The zero-order valence-electron chi connectivity index (χ0n) is 15.7. The lowest BCUT2D eigenvalue weighted by Crippen LogP contribution is -2.46. The maximum absolute atomic E-state index is 12.9. The number of carbonyl (C=O) groups is 3. The quantitative estimate of drug-likeness (QED) is 0.835. The predicted octanol–water partition coefficient (Wildman–Crippen LogP) is 2.16. The summed E-state index contributed by atoms with van der Waals surface area (Å²) in [5.41, 5.74) is 1.35. The highest BCUT2D eigenvalue weighted by Crippen LogP contribution is 2.41. The predicted molar refractivity (Wildman–Crippen MR) is 101 cm³/mol. The molecule has 6 heteroatoms. The fourth-order valence-electron chi connectivity index (χ4n) is 4.28. The second-order valence-corrected chi connectivity index (χ2v) is 8.18. The lowest BCUT2D eigenvalue weighted by Gasteiger charge is -2.27. The van der Waals surface area contributed by atoms with Crippen LogP contribution in [0.2, 0.25) is 0 Å². The van der Waals surface area contributed by atoms with Crippen molar-refractivity contribution >= 4 is 17.7 Å². The van der Waals surface area contributed by atoms with E-state index in [0.29, 0.717) is 5.56 Å². The molecule has 1 aromatic rings. The molecule has 1 unspecified atom stereocenters. The zero-order chi connectivity index (χ0) is 19.0. The van der Waals surface area contributed by atoms with Crippen LogP contribution in [0.5, 0.6) is 0 Å². The topological polar surface area (TPSA) is 78.5 Å². The first-order valence-electron chi connectivity index (χ1n) is 10.0. The first kappa shape index (κ1) is 18.0. The molecule has 1 heterocycles. The fourth-order valence-corrected chi connectivity index (χ4v) is 4.28. The molecule has 0 spiro atoms. The lowest BCUT2D eigenvalue weighted by molar-refractivity contribution is -0.129. The minimum Gasteiger partial charge on any atom is -0.352 e. The SMILES string of the molecule is CC1CCC(NC(=O)CNC(=O)C2c3ccccc3C(=O)N2C2CC2)CC1. The van der Waals surface area contributed by atoms with Crippen LogP contribution in [0, 0.1) is 5.92 Å². The summed E-state index contributed by atoms with van der Waals surface area (Å²) >= 11 is 0. The third-order valence-corrected chi connectivity index (χ3v) is 5.99. The molecule has 3 aliphatic rings. The number of carbonyl (C=O) groups excluding carboxylic acids is 3.